The zero-order valence-corrected chi connectivity index (χ0v) is 12.6. The van der Waals surface area contributed by atoms with Gasteiger partial charge in [0.25, 0.3) is 5.91 Å². The Kier molecular flexibility index (Phi) is 6.16. The van der Waals surface area contributed by atoms with Crippen molar-refractivity contribution in [3.05, 3.63) is 29.8 Å². The lowest BCUT2D eigenvalue weighted by molar-refractivity contribution is 0.0942. The number of aliphatic hydroxyl groups is 1. The molecule has 112 valence electrons. The number of carbonyl (C=O) groups excluding carboxylic acids is 1. The van der Waals surface area contributed by atoms with Crippen molar-refractivity contribution >= 4 is 15.7 Å². The van der Waals surface area contributed by atoms with Gasteiger partial charge in [0, 0.05) is 13.2 Å². The summed E-state index contributed by atoms with van der Waals surface area (Å²) in [6, 6.07) is 6.20. The van der Waals surface area contributed by atoms with Gasteiger partial charge in [-0.3, -0.25) is 4.79 Å². The third-order valence-electron chi connectivity index (χ3n) is 3.08. The molecule has 0 saturated carbocycles. The molecule has 0 aromatic heterocycles. The van der Waals surface area contributed by atoms with Crippen molar-refractivity contribution in [1.29, 1.82) is 0 Å². The van der Waals surface area contributed by atoms with Crippen LogP contribution in [0.25, 0.3) is 0 Å². The van der Waals surface area contributed by atoms with Gasteiger partial charge in [-0.15, -0.1) is 0 Å². The quantitative estimate of drug-likeness (QED) is 0.793. The Hall–Kier alpha value is -1.40. The number of benzene rings is 1. The first-order valence-corrected chi connectivity index (χ1v) is 8.28. The van der Waals surface area contributed by atoms with Gasteiger partial charge in [-0.05, 0) is 24.5 Å². The number of rotatable bonds is 7. The second-order valence-electron chi connectivity index (χ2n) is 4.73. The summed E-state index contributed by atoms with van der Waals surface area (Å²) in [6.45, 7) is 3.93. The predicted molar refractivity (Wildman–Crippen MR) is 77.4 cm³/mol. The van der Waals surface area contributed by atoms with Gasteiger partial charge in [-0.1, -0.05) is 26.0 Å². The van der Waals surface area contributed by atoms with Crippen LogP contribution in [0.2, 0.25) is 0 Å². The summed E-state index contributed by atoms with van der Waals surface area (Å²) in [5.41, 5.74) is 0.172. The summed E-state index contributed by atoms with van der Waals surface area (Å²) in [4.78, 5) is 12.2. The van der Waals surface area contributed by atoms with E-state index in [4.69, 9.17) is 5.11 Å². The minimum Gasteiger partial charge on any atom is -0.396 e. The van der Waals surface area contributed by atoms with Crippen molar-refractivity contribution in [3.8, 4) is 0 Å². The minimum absolute atomic E-state index is 0.0434. The molecule has 0 saturated heterocycles. The zero-order chi connectivity index (χ0) is 15.2. The maximum Gasteiger partial charge on any atom is 0.252 e. The van der Waals surface area contributed by atoms with Crippen LogP contribution in [0, 0.1) is 5.92 Å². The molecule has 1 amide bonds. The molecule has 2 N–H and O–H groups in total. The largest absolute Gasteiger partial charge is 0.396 e. The monoisotopic (exact) mass is 299 g/mol. The molecule has 0 radical (unpaired) electrons. The van der Waals surface area contributed by atoms with E-state index in [0.29, 0.717) is 13.0 Å². The molecule has 20 heavy (non-hydrogen) atoms. The Morgan fingerprint density at radius 3 is 2.60 bits per heavy atom. The van der Waals surface area contributed by atoms with Crippen LogP contribution >= 0.6 is 0 Å². The SMILES string of the molecule is CCS(=O)(=O)c1ccccc1C(=O)NCC(C)CCO. The van der Waals surface area contributed by atoms with Gasteiger partial charge < -0.3 is 10.4 Å². The van der Waals surface area contributed by atoms with Crippen molar-refractivity contribution in [2.75, 3.05) is 18.9 Å². The molecule has 1 aromatic carbocycles. The summed E-state index contributed by atoms with van der Waals surface area (Å²) >= 11 is 0. The molecule has 1 atom stereocenters. The highest BCUT2D eigenvalue weighted by Gasteiger charge is 2.20. The highest BCUT2D eigenvalue weighted by molar-refractivity contribution is 7.91. The summed E-state index contributed by atoms with van der Waals surface area (Å²) < 4.78 is 23.9. The van der Waals surface area contributed by atoms with Crippen LogP contribution in [0.4, 0.5) is 0 Å². The van der Waals surface area contributed by atoms with E-state index in [-0.39, 0.29) is 28.7 Å². The second-order valence-corrected chi connectivity index (χ2v) is 6.97. The Balaban J connectivity index is 2.89. The third kappa shape index (κ3) is 4.31. The van der Waals surface area contributed by atoms with Crippen molar-refractivity contribution in [1.82, 2.24) is 5.32 Å². The Labute approximate surface area is 119 Å². The fourth-order valence-corrected chi connectivity index (χ4v) is 2.86. The van der Waals surface area contributed by atoms with Gasteiger partial charge in [-0.2, -0.15) is 0 Å². The first kappa shape index (κ1) is 16.7. The average molecular weight is 299 g/mol. The zero-order valence-electron chi connectivity index (χ0n) is 11.8. The summed E-state index contributed by atoms with van der Waals surface area (Å²) in [5, 5.41) is 11.5. The van der Waals surface area contributed by atoms with Crippen LogP contribution in [0.5, 0.6) is 0 Å². The molecule has 6 heteroatoms. The Bertz CT molecular complexity index is 554. The number of carbonyl (C=O) groups is 1. The topological polar surface area (TPSA) is 83.5 Å². The van der Waals surface area contributed by atoms with Gasteiger partial charge in [0.1, 0.15) is 0 Å². The number of hydrogen-bond donors (Lipinski definition) is 2. The van der Waals surface area contributed by atoms with Gasteiger partial charge in [0.05, 0.1) is 16.2 Å². The number of sulfone groups is 1. The molecule has 0 bridgehead atoms. The highest BCUT2D eigenvalue weighted by Crippen LogP contribution is 2.17. The van der Waals surface area contributed by atoms with Gasteiger partial charge in [0.15, 0.2) is 9.84 Å². The molecule has 0 aliphatic heterocycles. The maximum atomic E-state index is 12.1. The van der Waals surface area contributed by atoms with Gasteiger partial charge in [0.2, 0.25) is 0 Å². The number of aliphatic hydroxyl groups excluding tert-OH is 1. The molecule has 0 heterocycles. The van der Waals surface area contributed by atoms with Crippen LogP contribution in [0.1, 0.15) is 30.6 Å². The molecule has 1 unspecified atom stereocenters. The second kappa shape index (κ2) is 7.40. The van der Waals surface area contributed by atoms with Crippen LogP contribution in [-0.4, -0.2) is 38.3 Å². The van der Waals surface area contributed by atoms with E-state index >= 15 is 0 Å². The number of hydrogen-bond acceptors (Lipinski definition) is 4. The van der Waals surface area contributed by atoms with E-state index < -0.39 is 15.7 Å². The lowest BCUT2D eigenvalue weighted by Crippen LogP contribution is -2.30. The Morgan fingerprint density at radius 1 is 1.35 bits per heavy atom. The van der Waals surface area contributed by atoms with E-state index in [1.54, 1.807) is 19.1 Å². The number of nitrogens with one attached hydrogen (secondary N) is 1. The third-order valence-corrected chi connectivity index (χ3v) is 4.87. The van der Waals surface area contributed by atoms with E-state index in [1.807, 2.05) is 6.92 Å². The molecule has 0 spiro atoms. The molecular weight excluding hydrogens is 278 g/mol. The van der Waals surface area contributed by atoms with Crippen molar-refractivity contribution < 1.29 is 18.3 Å². The fraction of sp³-hybridized carbons (Fsp3) is 0.500. The number of amides is 1. The molecule has 1 rings (SSSR count). The fourth-order valence-electron chi connectivity index (χ4n) is 1.77. The van der Waals surface area contributed by atoms with Gasteiger partial charge >= 0.3 is 0 Å². The van der Waals surface area contributed by atoms with E-state index in [1.165, 1.54) is 12.1 Å². The van der Waals surface area contributed by atoms with E-state index in [2.05, 4.69) is 5.32 Å². The lowest BCUT2D eigenvalue weighted by atomic mass is 10.1. The van der Waals surface area contributed by atoms with Crippen LogP contribution < -0.4 is 5.32 Å². The van der Waals surface area contributed by atoms with Gasteiger partial charge in [-0.25, -0.2) is 8.42 Å². The minimum atomic E-state index is -3.42. The van der Waals surface area contributed by atoms with Crippen molar-refractivity contribution in [2.45, 2.75) is 25.2 Å². The maximum absolute atomic E-state index is 12.1. The lowest BCUT2D eigenvalue weighted by Gasteiger charge is -2.13. The van der Waals surface area contributed by atoms with Crippen LogP contribution in [0.3, 0.4) is 0 Å². The van der Waals surface area contributed by atoms with E-state index in [9.17, 15) is 13.2 Å². The molecular formula is C14H21NO4S. The Morgan fingerprint density at radius 2 is 2.00 bits per heavy atom. The highest BCUT2D eigenvalue weighted by atomic mass is 32.2. The smallest absolute Gasteiger partial charge is 0.252 e. The first-order chi connectivity index (χ1) is 9.42. The van der Waals surface area contributed by atoms with Crippen LogP contribution in [-0.2, 0) is 9.84 Å². The van der Waals surface area contributed by atoms with E-state index in [0.717, 1.165) is 0 Å². The molecule has 0 fully saturated rings. The normalized spacial score (nSPS) is 12.9. The average Bonchev–Trinajstić information content (AvgIpc) is 2.45. The standard InChI is InChI=1S/C14H21NO4S/c1-3-20(18,19)13-7-5-4-6-12(13)14(17)15-10-11(2)8-9-16/h4-7,11,16H,3,8-10H2,1-2H3,(H,15,17). The van der Waals surface area contributed by atoms with Crippen molar-refractivity contribution in [3.63, 3.8) is 0 Å². The van der Waals surface area contributed by atoms with Crippen LogP contribution in [0.15, 0.2) is 29.2 Å². The molecule has 0 aliphatic rings. The predicted octanol–water partition coefficient (Wildman–Crippen LogP) is 1.23. The summed E-state index contributed by atoms with van der Waals surface area (Å²) in [5.74, 6) is -0.306. The molecule has 5 nitrogen and oxygen atoms in total. The first-order valence-electron chi connectivity index (χ1n) is 6.63. The summed E-state index contributed by atoms with van der Waals surface area (Å²) in [7, 11) is -3.42. The van der Waals surface area contributed by atoms with Crippen molar-refractivity contribution in [2.24, 2.45) is 5.92 Å². The molecule has 1 aromatic rings. The summed E-state index contributed by atoms with van der Waals surface area (Å²) in [6.07, 6.45) is 0.592. The molecule has 0 aliphatic carbocycles.